The van der Waals surface area contributed by atoms with E-state index in [1.807, 2.05) is 15.5 Å². The number of hydrogen-bond acceptors (Lipinski definition) is 3. The summed E-state index contributed by atoms with van der Waals surface area (Å²) in [6, 6.07) is 6.43. The number of halogens is 3. The van der Waals surface area contributed by atoms with Crippen LogP contribution >= 0.6 is 12.2 Å². The van der Waals surface area contributed by atoms with Crippen LogP contribution in [0.1, 0.15) is 23.6 Å². The third-order valence-corrected chi connectivity index (χ3v) is 6.14. The van der Waals surface area contributed by atoms with Crippen molar-refractivity contribution in [3.63, 3.8) is 0 Å². The third-order valence-electron chi connectivity index (χ3n) is 5.74. The van der Waals surface area contributed by atoms with Crippen LogP contribution in [0.25, 0.3) is 0 Å². The van der Waals surface area contributed by atoms with Gasteiger partial charge in [-0.25, -0.2) is 13.2 Å². The molecule has 2 aromatic rings. The van der Waals surface area contributed by atoms with Gasteiger partial charge in [0.15, 0.2) is 5.11 Å². The molecule has 4 rings (SSSR count). The lowest BCUT2D eigenvalue weighted by atomic mass is 9.83. The van der Waals surface area contributed by atoms with Crippen molar-refractivity contribution in [1.29, 1.82) is 0 Å². The molecule has 0 aliphatic carbocycles. The number of benzene rings is 1. The Labute approximate surface area is 182 Å². The number of nitrogens with zero attached hydrogens (tertiary/aromatic N) is 2. The second-order valence-corrected chi connectivity index (χ2v) is 8.27. The van der Waals surface area contributed by atoms with Gasteiger partial charge in [0.25, 0.3) is 5.56 Å². The zero-order valence-corrected chi connectivity index (χ0v) is 17.4. The minimum atomic E-state index is -1.06. The van der Waals surface area contributed by atoms with Gasteiger partial charge < -0.3 is 20.1 Å². The van der Waals surface area contributed by atoms with Crippen molar-refractivity contribution in [1.82, 2.24) is 20.1 Å². The summed E-state index contributed by atoms with van der Waals surface area (Å²) in [6.07, 6.45) is 0.984. The van der Waals surface area contributed by atoms with Gasteiger partial charge in [-0.1, -0.05) is 6.07 Å². The first-order chi connectivity index (χ1) is 14.8. The highest BCUT2D eigenvalue weighted by atomic mass is 32.1. The molecule has 1 saturated heterocycles. The first kappa shape index (κ1) is 21.4. The highest BCUT2D eigenvalue weighted by Crippen LogP contribution is 2.34. The van der Waals surface area contributed by atoms with Gasteiger partial charge in [-0.2, -0.15) is 0 Å². The number of likely N-dealkylation sites (tertiary alicyclic amines) is 1. The fourth-order valence-electron chi connectivity index (χ4n) is 4.32. The Bertz CT molecular complexity index is 1070. The van der Waals surface area contributed by atoms with Gasteiger partial charge in [-0.05, 0) is 30.6 Å². The van der Waals surface area contributed by atoms with E-state index in [4.69, 9.17) is 12.2 Å². The van der Waals surface area contributed by atoms with Gasteiger partial charge in [-0.15, -0.1) is 0 Å². The molecule has 31 heavy (non-hydrogen) atoms. The number of amides is 1. The van der Waals surface area contributed by atoms with Crippen LogP contribution in [0.15, 0.2) is 35.1 Å². The summed E-state index contributed by atoms with van der Waals surface area (Å²) >= 11 is 5.43. The number of fused-ring (bicyclic) bond motifs is 4. The molecule has 2 bridgehead atoms. The number of carbonyl (C=O) groups excluding carboxylic acids is 1. The molecule has 0 saturated carbocycles. The number of hydrogen-bond donors (Lipinski definition) is 2. The molecular formula is C21H21F3N4O2S. The van der Waals surface area contributed by atoms with E-state index in [2.05, 4.69) is 10.6 Å². The van der Waals surface area contributed by atoms with E-state index in [1.54, 1.807) is 12.1 Å². The van der Waals surface area contributed by atoms with Crippen LogP contribution in [0, 0.1) is 23.4 Å². The van der Waals surface area contributed by atoms with E-state index in [1.165, 1.54) is 0 Å². The Morgan fingerprint density at radius 2 is 1.84 bits per heavy atom. The second-order valence-electron chi connectivity index (χ2n) is 7.89. The summed E-state index contributed by atoms with van der Waals surface area (Å²) in [5.41, 5.74) is 0.597. The smallest absolute Gasteiger partial charge is 0.250 e. The number of carbonyl (C=O) groups is 1. The molecule has 1 amide bonds. The molecule has 164 valence electrons. The number of piperidine rings is 1. The number of nitrogens with one attached hydrogen (secondary N) is 2. The largest absolute Gasteiger partial charge is 0.354 e. The van der Waals surface area contributed by atoms with Crippen molar-refractivity contribution in [2.75, 3.05) is 19.6 Å². The summed E-state index contributed by atoms with van der Waals surface area (Å²) < 4.78 is 42.1. The second kappa shape index (κ2) is 8.70. The highest BCUT2D eigenvalue weighted by molar-refractivity contribution is 7.80. The Balaban J connectivity index is 1.31. The van der Waals surface area contributed by atoms with Crippen molar-refractivity contribution >= 4 is 23.2 Å². The predicted octanol–water partition coefficient (Wildman–Crippen LogP) is 1.88. The van der Waals surface area contributed by atoms with Gasteiger partial charge >= 0.3 is 0 Å². The topological polar surface area (TPSA) is 66.4 Å². The SMILES string of the molecule is O=C(CNC(=S)N1C[C@H]2C[C@@H](C1)c1cccc(=O)n1C2)NCc1c(F)cc(F)cc1F. The number of aromatic nitrogens is 1. The zero-order chi connectivity index (χ0) is 22.1. The average molecular weight is 450 g/mol. The maximum atomic E-state index is 13.7. The van der Waals surface area contributed by atoms with Crippen LogP contribution in [0.4, 0.5) is 13.2 Å². The molecule has 0 unspecified atom stereocenters. The van der Waals surface area contributed by atoms with Crippen LogP contribution in [0.2, 0.25) is 0 Å². The van der Waals surface area contributed by atoms with E-state index >= 15 is 0 Å². The van der Waals surface area contributed by atoms with E-state index in [0.29, 0.717) is 36.9 Å². The standard InChI is InChI=1S/C21H21F3N4O2S/c22-14-5-16(23)15(17(24)6-14)7-25-19(29)8-26-21(31)27-9-12-4-13(11-27)18-2-1-3-20(30)28(18)10-12/h1-3,5-6,12-13H,4,7-11H2,(H,25,29)(H,26,31)/t12-,13+/m1/s1. The van der Waals surface area contributed by atoms with Crippen LogP contribution < -0.4 is 16.2 Å². The van der Waals surface area contributed by atoms with Crippen molar-refractivity contribution in [3.8, 4) is 0 Å². The van der Waals surface area contributed by atoms with Gasteiger partial charge in [0.05, 0.1) is 6.54 Å². The summed E-state index contributed by atoms with van der Waals surface area (Å²) in [5.74, 6) is -3.17. The van der Waals surface area contributed by atoms with Gasteiger partial charge in [0.1, 0.15) is 17.5 Å². The summed E-state index contributed by atoms with van der Waals surface area (Å²) in [6.45, 7) is 1.39. The fraction of sp³-hybridized carbons (Fsp3) is 0.381. The Morgan fingerprint density at radius 3 is 2.58 bits per heavy atom. The Hall–Kier alpha value is -2.88. The van der Waals surface area contributed by atoms with Crippen molar-refractivity contribution in [3.05, 3.63) is 69.4 Å². The van der Waals surface area contributed by atoms with E-state index in [9.17, 15) is 22.8 Å². The first-order valence-electron chi connectivity index (χ1n) is 9.94. The third kappa shape index (κ3) is 4.58. The number of thiocarbonyl (C=S) groups is 1. The number of pyridine rings is 1. The lowest BCUT2D eigenvalue weighted by Gasteiger charge is -2.43. The molecule has 2 atom stereocenters. The van der Waals surface area contributed by atoms with Crippen LogP contribution in [0.5, 0.6) is 0 Å². The molecule has 2 aliphatic heterocycles. The van der Waals surface area contributed by atoms with Crippen LogP contribution in [-0.2, 0) is 17.9 Å². The van der Waals surface area contributed by atoms with Gasteiger partial charge in [0.2, 0.25) is 5.91 Å². The minimum Gasteiger partial charge on any atom is -0.354 e. The van der Waals surface area contributed by atoms with Crippen molar-refractivity contribution in [2.45, 2.75) is 25.4 Å². The molecule has 0 spiro atoms. The lowest BCUT2D eigenvalue weighted by Crippen LogP contribution is -2.52. The fourth-order valence-corrected chi connectivity index (χ4v) is 4.54. The van der Waals surface area contributed by atoms with Gasteiger partial charge in [0, 0.05) is 61.6 Å². The zero-order valence-electron chi connectivity index (χ0n) is 16.5. The van der Waals surface area contributed by atoms with Crippen LogP contribution in [0.3, 0.4) is 0 Å². The molecule has 3 heterocycles. The van der Waals surface area contributed by atoms with Gasteiger partial charge in [-0.3, -0.25) is 9.59 Å². The maximum Gasteiger partial charge on any atom is 0.250 e. The normalized spacial score (nSPS) is 19.5. The first-order valence-corrected chi connectivity index (χ1v) is 10.3. The monoisotopic (exact) mass is 450 g/mol. The molecule has 1 aromatic heterocycles. The number of rotatable bonds is 4. The average Bonchev–Trinajstić information content (AvgIpc) is 2.72. The Morgan fingerprint density at radius 1 is 1.10 bits per heavy atom. The van der Waals surface area contributed by atoms with E-state index < -0.39 is 35.5 Å². The predicted molar refractivity (Wildman–Crippen MR) is 112 cm³/mol. The molecular weight excluding hydrogens is 429 g/mol. The molecule has 0 radical (unpaired) electrons. The minimum absolute atomic E-state index is 0.00653. The lowest BCUT2D eigenvalue weighted by molar-refractivity contribution is -0.120. The molecule has 2 aliphatic rings. The maximum absolute atomic E-state index is 13.7. The van der Waals surface area contributed by atoms with Crippen LogP contribution in [-0.4, -0.2) is 40.1 Å². The van der Waals surface area contributed by atoms with E-state index in [0.717, 1.165) is 12.1 Å². The summed E-state index contributed by atoms with van der Waals surface area (Å²) in [7, 11) is 0. The van der Waals surface area contributed by atoms with Crippen molar-refractivity contribution in [2.24, 2.45) is 5.92 Å². The van der Waals surface area contributed by atoms with Crippen molar-refractivity contribution < 1.29 is 18.0 Å². The van der Waals surface area contributed by atoms with E-state index in [-0.39, 0.29) is 23.9 Å². The molecule has 2 N–H and O–H groups in total. The molecule has 6 nitrogen and oxygen atoms in total. The molecule has 10 heteroatoms. The Kier molecular flexibility index (Phi) is 5.99. The molecule has 1 aromatic carbocycles. The highest BCUT2D eigenvalue weighted by Gasteiger charge is 2.35. The quantitative estimate of drug-likeness (QED) is 0.697. The summed E-state index contributed by atoms with van der Waals surface area (Å²) in [5, 5.41) is 5.69. The summed E-state index contributed by atoms with van der Waals surface area (Å²) in [4.78, 5) is 26.2. The molecule has 1 fully saturated rings.